The van der Waals surface area contributed by atoms with Crippen molar-refractivity contribution in [2.75, 3.05) is 19.8 Å². The summed E-state index contributed by atoms with van der Waals surface area (Å²) in [6, 6.07) is 5.58. The third-order valence-electron chi connectivity index (χ3n) is 2.27. The van der Waals surface area contributed by atoms with Gasteiger partial charge in [-0.05, 0) is 37.2 Å². The molecule has 1 unspecified atom stereocenters. The minimum Gasteiger partial charge on any atom is -0.380 e. The van der Waals surface area contributed by atoms with Crippen LogP contribution in [0.4, 0.5) is 0 Å². The van der Waals surface area contributed by atoms with Crippen LogP contribution in [0, 0.1) is 0 Å². The van der Waals surface area contributed by atoms with Gasteiger partial charge in [0.2, 0.25) is 0 Å². The smallest absolute Gasteiger partial charge is 0.0661 e. The summed E-state index contributed by atoms with van der Waals surface area (Å²) in [5.74, 6) is 0. The third kappa shape index (κ3) is 3.95. The highest BCUT2D eigenvalue weighted by atomic mass is 35.5. The van der Waals surface area contributed by atoms with E-state index in [1.165, 1.54) is 0 Å². The van der Waals surface area contributed by atoms with Crippen molar-refractivity contribution in [2.45, 2.75) is 19.9 Å². The minimum atomic E-state index is 0.0937. The van der Waals surface area contributed by atoms with Crippen molar-refractivity contribution in [2.24, 2.45) is 0 Å². The number of rotatable bonds is 6. The fourth-order valence-corrected chi connectivity index (χ4v) is 1.95. The van der Waals surface area contributed by atoms with E-state index >= 15 is 0 Å². The van der Waals surface area contributed by atoms with Crippen LogP contribution < -0.4 is 5.32 Å². The topological polar surface area (TPSA) is 21.3 Å². The van der Waals surface area contributed by atoms with E-state index in [0.29, 0.717) is 18.2 Å². The zero-order chi connectivity index (χ0) is 12.0. The Morgan fingerprint density at radius 1 is 1.31 bits per heavy atom. The molecule has 0 fully saturated rings. The van der Waals surface area contributed by atoms with Crippen LogP contribution in [0.2, 0.25) is 10.0 Å². The SMILES string of the molecule is CCNC(COCC)c1cc(Cl)ccc1Cl. The van der Waals surface area contributed by atoms with Crippen molar-refractivity contribution < 1.29 is 4.74 Å². The van der Waals surface area contributed by atoms with E-state index in [1.807, 2.05) is 19.1 Å². The molecule has 90 valence electrons. The lowest BCUT2D eigenvalue weighted by Gasteiger charge is -2.19. The standard InChI is InChI=1S/C12H17Cl2NO/c1-3-15-12(8-16-4-2)10-7-9(13)5-6-11(10)14/h5-7,12,15H,3-4,8H2,1-2H3. The molecule has 0 saturated heterocycles. The third-order valence-corrected chi connectivity index (χ3v) is 2.85. The van der Waals surface area contributed by atoms with Crippen molar-refractivity contribution in [3.8, 4) is 0 Å². The van der Waals surface area contributed by atoms with Gasteiger partial charge in [-0.1, -0.05) is 30.1 Å². The van der Waals surface area contributed by atoms with Crippen molar-refractivity contribution in [1.29, 1.82) is 0 Å². The first-order valence-corrected chi connectivity index (χ1v) is 6.20. The average molecular weight is 262 g/mol. The molecular weight excluding hydrogens is 245 g/mol. The quantitative estimate of drug-likeness (QED) is 0.844. The van der Waals surface area contributed by atoms with Gasteiger partial charge < -0.3 is 10.1 Å². The number of ether oxygens (including phenoxy) is 1. The molecule has 0 aliphatic rings. The van der Waals surface area contributed by atoms with E-state index in [-0.39, 0.29) is 6.04 Å². The second kappa shape index (κ2) is 7.13. The molecule has 16 heavy (non-hydrogen) atoms. The van der Waals surface area contributed by atoms with Crippen LogP contribution in [0.25, 0.3) is 0 Å². The first kappa shape index (κ1) is 13.8. The Labute approximate surface area is 107 Å². The molecule has 0 aliphatic carbocycles. The molecule has 4 heteroatoms. The molecule has 1 atom stereocenters. The molecular formula is C12H17Cl2NO. The summed E-state index contributed by atoms with van der Waals surface area (Å²) in [7, 11) is 0. The molecule has 0 spiro atoms. The zero-order valence-electron chi connectivity index (χ0n) is 9.59. The summed E-state index contributed by atoms with van der Waals surface area (Å²) >= 11 is 12.1. The van der Waals surface area contributed by atoms with Crippen LogP contribution in [-0.4, -0.2) is 19.8 Å². The predicted molar refractivity (Wildman–Crippen MR) is 69.4 cm³/mol. The van der Waals surface area contributed by atoms with Crippen molar-refractivity contribution in [1.82, 2.24) is 5.32 Å². The van der Waals surface area contributed by atoms with E-state index in [1.54, 1.807) is 6.07 Å². The molecule has 1 aromatic rings. The molecule has 0 heterocycles. The number of hydrogen-bond acceptors (Lipinski definition) is 2. The van der Waals surface area contributed by atoms with E-state index in [2.05, 4.69) is 12.2 Å². The molecule has 1 aromatic carbocycles. The molecule has 0 radical (unpaired) electrons. The fraction of sp³-hybridized carbons (Fsp3) is 0.500. The van der Waals surface area contributed by atoms with Gasteiger partial charge in [0.1, 0.15) is 0 Å². The highest BCUT2D eigenvalue weighted by Gasteiger charge is 2.14. The van der Waals surface area contributed by atoms with Gasteiger partial charge in [0.25, 0.3) is 0 Å². The molecule has 2 nitrogen and oxygen atoms in total. The van der Waals surface area contributed by atoms with Crippen molar-refractivity contribution in [3.63, 3.8) is 0 Å². The molecule has 0 saturated carbocycles. The Morgan fingerprint density at radius 2 is 2.06 bits per heavy atom. The maximum absolute atomic E-state index is 6.15. The molecule has 0 bridgehead atoms. The fourth-order valence-electron chi connectivity index (χ4n) is 1.52. The Hall–Kier alpha value is -0.280. The van der Waals surface area contributed by atoms with Crippen LogP contribution in [0.1, 0.15) is 25.5 Å². The lowest BCUT2D eigenvalue weighted by Crippen LogP contribution is -2.25. The van der Waals surface area contributed by atoms with Gasteiger partial charge in [0.05, 0.1) is 12.6 Å². The van der Waals surface area contributed by atoms with Crippen molar-refractivity contribution in [3.05, 3.63) is 33.8 Å². The van der Waals surface area contributed by atoms with Gasteiger partial charge in [0, 0.05) is 16.7 Å². The number of hydrogen-bond donors (Lipinski definition) is 1. The van der Waals surface area contributed by atoms with Crippen LogP contribution in [0.15, 0.2) is 18.2 Å². The Kier molecular flexibility index (Phi) is 6.14. The summed E-state index contributed by atoms with van der Waals surface area (Å²) in [6.07, 6.45) is 0. The van der Waals surface area contributed by atoms with E-state index in [0.717, 1.165) is 17.1 Å². The summed E-state index contributed by atoms with van der Waals surface area (Å²) in [5.41, 5.74) is 0.990. The lowest BCUT2D eigenvalue weighted by molar-refractivity contribution is 0.123. The maximum atomic E-state index is 6.15. The zero-order valence-corrected chi connectivity index (χ0v) is 11.1. The lowest BCUT2D eigenvalue weighted by atomic mass is 10.1. The number of likely N-dealkylation sites (N-methyl/N-ethyl adjacent to an activating group) is 1. The summed E-state index contributed by atoms with van der Waals surface area (Å²) in [6.45, 7) is 6.19. The summed E-state index contributed by atoms with van der Waals surface area (Å²) < 4.78 is 5.43. The largest absolute Gasteiger partial charge is 0.380 e. The van der Waals surface area contributed by atoms with Gasteiger partial charge in [-0.3, -0.25) is 0 Å². The highest BCUT2D eigenvalue weighted by molar-refractivity contribution is 6.33. The first-order chi connectivity index (χ1) is 7.69. The van der Waals surface area contributed by atoms with Gasteiger partial charge in [-0.15, -0.1) is 0 Å². The highest BCUT2D eigenvalue weighted by Crippen LogP contribution is 2.26. The Bertz CT molecular complexity index is 331. The van der Waals surface area contributed by atoms with Gasteiger partial charge >= 0.3 is 0 Å². The monoisotopic (exact) mass is 261 g/mol. The number of halogens is 2. The van der Waals surface area contributed by atoms with E-state index in [4.69, 9.17) is 27.9 Å². The van der Waals surface area contributed by atoms with Gasteiger partial charge in [-0.2, -0.15) is 0 Å². The van der Waals surface area contributed by atoms with Crippen LogP contribution in [-0.2, 0) is 4.74 Å². The van der Waals surface area contributed by atoms with Gasteiger partial charge in [-0.25, -0.2) is 0 Å². The van der Waals surface area contributed by atoms with E-state index < -0.39 is 0 Å². The minimum absolute atomic E-state index is 0.0937. The summed E-state index contributed by atoms with van der Waals surface area (Å²) in [4.78, 5) is 0. The normalized spacial score (nSPS) is 12.8. The molecule has 0 amide bonds. The molecule has 0 aromatic heterocycles. The number of nitrogens with one attached hydrogen (secondary N) is 1. The second-order valence-corrected chi connectivity index (χ2v) is 4.28. The van der Waals surface area contributed by atoms with Crippen LogP contribution in [0.3, 0.4) is 0 Å². The first-order valence-electron chi connectivity index (χ1n) is 5.45. The summed E-state index contributed by atoms with van der Waals surface area (Å²) in [5, 5.41) is 4.74. The molecule has 0 aliphatic heterocycles. The number of benzene rings is 1. The molecule has 1 rings (SSSR count). The predicted octanol–water partition coefficient (Wildman–Crippen LogP) is 3.68. The van der Waals surface area contributed by atoms with Crippen LogP contribution >= 0.6 is 23.2 Å². The Balaban J connectivity index is 2.85. The van der Waals surface area contributed by atoms with Crippen molar-refractivity contribution >= 4 is 23.2 Å². The Morgan fingerprint density at radius 3 is 2.69 bits per heavy atom. The maximum Gasteiger partial charge on any atom is 0.0661 e. The molecule has 1 N–H and O–H groups in total. The van der Waals surface area contributed by atoms with Gasteiger partial charge in [0.15, 0.2) is 0 Å². The second-order valence-electron chi connectivity index (χ2n) is 3.44. The van der Waals surface area contributed by atoms with E-state index in [9.17, 15) is 0 Å². The van der Waals surface area contributed by atoms with Crippen LogP contribution in [0.5, 0.6) is 0 Å². The average Bonchev–Trinajstić information content (AvgIpc) is 2.28.